The van der Waals surface area contributed by atoms with Gasteiger partial charge in [-0.2, -0.15) is 0 Å². The second kappa shape index (κ2) is 5.85. The van der Waals surface area contributed by atoms with Crippen molar-refractivity contribution in [2.24, 2.45) is 0 Å². The summed E-state index contributed by atoms with van der Waals surface area (Å²) in [4.78, 5) is 9.72. The van der Waals surface area contributed by atoms with Crippen LogP contribution in [0.15, 0.2) is 47.4 Å². The number of halogens is 1. The van der Waals surface area contributed by atoms with Crippen molar-refractivity contribution >= 4 is 49.7 Å². The van der Waals surface area contributed by atoms with E-state index in [1.165, 1.54) is 6.07 Å². The maximum Gasteiger partial charge on any atom is 0.290 e. The smallest absolute Gasteiger partial charge is 0.290 e. The molecule has 0 bridgehead atoms. The summed E-state index contributed by atoms with van der Waals surface area (Å²) in [6.45, 7) is 0. The van der Waals surface area contributed by atoms with Gasteiger partial charge in [0.25, 0.3) is 15.7 Å². The number of nitrogen functional groups attached to an aromatic ring is 1. The summed E-state index contributed by atoms with van der Waals surface area (Å²) < 4.78 is 27.8. The van der Waals surface area contributed by atoms with E-state index in [9.17, 15) is 18.5 Å². The molecule has 2 aromatic rings. The number of nitrogens with one attached hydrogen (secondary N) is 1. The lowest BCUT2D eigenvalue weighted by Crippen LogP contribution is -2.15. The summed E-state index contributed by atoms with van der Waals surface area (Å²) in [7, 11) is -4.10. The van der Waals surface area contributed by atoms with Gasteiger partial charge in [-0.15, -0.1) is 0 Å². The average molecular weight is 419 g/mol. The number of hydrogen-bond acceptors (Lipinski definition) is 5. The zero-order valence-electron chi connectivity index (χ0n) is 10.5. The highest BCUT2D eigenvalue weighted by molar-refractivity contribution is 14.1. The monoisotopic (exact) mass is 419 g/mol. The van der Waals surface area contributed by atoms with E-state index in [0.29, 0.717) is 5.69 Å². The Hall–Kier alpha value is -1.88. The molecule has 3 N–H and O–H groups in total. The third-order valence-corrected chi connectivity index (χ3v) is 4.70. The molecule has 0 atom stereocenters. The summed E-state index contributed by atoms with van der Waals surface area (Å²) in [5.41, 5.74) is 5.44. The molecule has 0 fully saturated rings. The molecule has 0 radical (unpaired) electrons. The van der Waals surface area contributed by atoms with Gasteiger partial charge in [0.05, 0.1) is 4.92 Å². The van der Waals surface area contributed by atoms with Crippen molar-refractivity contribution in [3.63, 3.8) is 0 Å². The zero-order valence-corrected chi connectivity index (χ0v) is 13.5. The fourth-order valence-electron chi connectivity index (χ4n) is 1.62. The maximum absolute atomic E-state index is 12.3. The fourth-order valence-corrected chi connectivity index (χ4v) is 3.25. The highest BCUT2D eigenvalue weighted by atomic mass is 127. The van der Waals surface area contributed by atoms with Gasteiger partial charge in [-0.05, 0) is 59.0 Å². The summed E-state index contributed by atoms with van der Waals surface area (Å²) >= 11 is 2.08. The van der Waals surface area contributed by atoms with Gasteiger partial charge in [-0.3, -0.25) is 14.8 Å². The summed E-state index contributed by atoms with van der Waals surface area (Å²) in [6.07, 6.45) is 0. The SMILES string of the molecule is Nc1ccc([N+](=O)[O-])c(S(=O)(=O)Nc2ccc(I)cc2)c1. The molecule has 0 aliphatic heterocycles. The minimum atomic E-state index is -4.10. The third-order valence-electron chi connectivity index (χ3n) is 2.57. The topological polar surface area (TPSA) is 115 Å². The molecule has 0 saturated carbocycles. The first-order valence-electron chi connectivity index (χ1n) is 5.62. The largest absolute Gasteiger partial charge is 0.399 e. The second-order valence-corrected chi connectivity index (χ2v) is 6.99. The van der Waals surface area contributed by atoms with Crippen molar-refractivity contribution in [2.45, 2.75) is 4.90 Å². The van der Waals surface area contributed by atoms with Crippen molar-refractivity contribution in [3.05, 3.63) is 56.1 Å². The van der Waals surface area contributed by atoms with Crippen molar-refractivity contribution in [3.8, 4) is 0 Å². The summed E-state index contributed by atoms with van der Waals surface area (Å²) in [5, 5.41) is 10.9. The number of nitrogens with zero attached hydrogens (tertiary/aromatic N) is 1. The van der Waals surface area contributed by atoms with E-state index in [1.807, 2.05) is 0 Å². The van der Waals surface area contributed by atoms with Gasteiger partial charge in [-0.25, -0.2) is 8.42 Å². The predicted molar refractivity (Wildman–Crippen MR) is 87.5 cm³/mol. The number of nitrogens with two attached hydrogens (primary N) is 1. The van der Waals surface area contributed by atoms with E-state index in [1.54, 1.807) is 24.3 Å². The molecular formula is C12H10IN3O4S. The van der Waals surface area contributed by atoms with Crippen molar-refractivity contribution < 1.29 is 13.3 Å². The molecule has 21 heavy (non-hydrogen) atoms. The van der Waals surface area contributed by atoms with Crippen molar-refractivity contribution in [1.29, 1.82) is 0 Å². The zero-order chi connectivity index (χ0) is 15.6. The van der Waals surface area contributed by atoms with Gasteiger partial charge < -0.3 is 5.73 Å². The molecule has 0 aliphatic rings. The Bertz CT molecular complexity index is 791. The molecule has 7 nitrogen and oxygen atoms in total. The molecule has 0 amide bonds. The van der Waals surface area contributed by atoms with Crippen molar-refractivity contribution in [1.82, 2.24) is 0 Å². The molecule has 0 aromatic heterocycles. The standard InChI is InChI=1S/C12H10IN3O4S/c13-8-1-4-10(5-2-8)15-21(19,20)12-7-9(14)3-6-11(12)16(17)18/h1-7,15H,14H2. The second-order valence-electron chi connectivity index (χ2n) is 4.10. The molecule has 0 heterocycles. The molecule has 0 aliphatic carbocycles. The van der Waals surface area contributed by atoms with Gasteiger partial charge in [-0.1, -0.05) is 0 Å². The quantitative estimate of drug-likeness (QED) is 0.342. The average Bonchev–Trinajstić information content (AvgIpc) is 2.41. The Morgan fingerprint density at radius 2 is 1.76 bits per heavy atom. The Balaban J connectivity index is 2.46. The van der Waals surface area contributed by atoms with E-state index in [0.717, 1.165) is 15.7 Å². The Labute approximate surface area is 134 Å². The van der Waals surface area contributed by atoms with Gasteiger partial charge in [0.1, 0.15) is 0 Å². The van der Waals surface area contributed by atoms with Crippen LogP contribution in [0.4, 0.5) is 17.1 Å². The number of anilines is 2. The van der Waals surface area contributed by atoms with Gasteiger partial charge in [0.2, 0.25) is 0 Å². The Kier molecular flexibility index (Phi) is 4.32. The van der Waals surface area contributed by atoms with Crippen LogP contribution in [0.5, 0.6) is 0 Å². The molecule has 9 heteroatoms. The lowest BCUT2D eigenvalue weighted by molar-refractivity contribution is -0.387. The van der Waals surface area contributed by atoms with E-state index in [2.05, 4.69) is 27.3 Å². The van der Waals surface area contributed by atoms with E-state index >= 15 is 0 Å². The minimum absolute atomic E-state index is 0.128. The number of nitro benzene ring substituents is 1. The summed E-state index contributed by atoms with van der Waals surface area (Å²) in [5.74, 6) is 0. The van der Waals surface area contributed by atoms with Gasteiger partial charge >= 0.3 is 0 Å². The van der Waals surface area contributed by atoms with Crippen LogP contribution in [0, 0.1) is 13.7 Å². The van der Waals surface area contributed by atoms with Crippen LogP contribution in [0.1, 0.15) is 0 Å². The number of hydrogen-bond donors (Lipinski definition) is 2. The van der Waals surface area contributed by atoms with E-state index in [-0.39, 0.29) is 5.69 Å². The number of nitro groups is 1. The molecule has 2 rings (SSSR count). The highest BCUT2D eigenvalue weighted by Gasteiger charge is 2.26. The number of sulfonamides is 1. The maximum atomic E-state index is 12.3. The Morgan fingerprint density at radius 3 is 2.33 bits per heavy atom. The molecular weight excluding hydrogens is 409 g/mol. The van der Waals surface area contributed by atoms with Crippen LogP contribution in [-0.4, -0.2) is 13.3 Å². The minimum Gasteiger partial charge on any atom is -0.399 e. The molecule has 2 aromatic carbocycles. The van der Waals surface area contributed by atoms with Crippen LogP contribution < -0.4 is 10.5 Å². The molecule has 0 unspecified atom stereocenters. The molecule has 0 saturated heterocycles. The number of benzene rings is 2. The lowest BCUT2D eigenvalue weighted by atomic mass is 10.3. The van der Waals surface area contributed by atoms with Crippen LogP contribution in [0.2, 0.25) is 0 Å². The van der Waals surface area contributed by atoms with E-state index in [4.69, 9.17) is 5.73 Å². The first kappa shape index (κ1) is 15.5. The fraction of sp³-hybridized carbons (Fsp3) is 0. The molecule has 0 spiro atoms. The van der Waals surface area contributed by atoms with Crippen LogP contribution in [0.25, 0.3) is 0 Å². The highest BCUT2D eigenvalue weighted by Crippen LogP contribution is 2.27. The summed E-state index contributed by atoms with van der Waals surface area (Å²) in [6, 6.07) is 9.97. The first-order chi connectivity index (χ1) is 9.79. The van der Waals surface area contributed by atoms with E-state index < -0.39 is 25.5 Å². The first-order valence-corrected chi connectivity index (χ1v) is 8.18. The van der Waals surface area contributed by atoms with Crippen molar-refractivity contribution in [2.75, 3.05) is 10.5 Å². The third kappa shape index (κ3) is 3.61. The normalized spacial score (nSPS) is 11.1. The molecule has 110 valence electrons. The van der Waals surface area contributed by atoms with Crippen LogP contribution in [0.3, 0.4) is 0 Å². The lowest BCUT2D eigenvalue weighted by Gasteiger charge is -2.09. The van der Waals surface area contributed by atoms with Gasteiger partial charge in [0, 0.05) is 21.0 Å². The predicted octanol–water partition coefficient (Wildman–Crippen LogP) is 2.58. The van der Waals surface area contributed by atoms with Crippen LogP contribution >= 0.6 is 22.6 Å². The van der Waals surface area contributed by atoms with Crippen LogP contribution in [-0.2, 0) is 10.0 Å². The number of rotatable bonds is 4. The Morgan fingerprint density at radius 1 is 1.14 bits per heavy atom. The van der Waals surface area contributed by atoms with Gasteiger partial charge in [0.15, 0.2) is 4.90 Å².